The van der Waals surface area contributed by atoms with Gasteiger partial charge in [0.05, 0.1) is 30.4 Å². The molecule has 1 aromatic heterocycles. The second-order valence-corrected chi connectivity index (χ2v) is 15.6. The number of aromatic nitrogens is 2. The Balaban J connectivity index is 1.34. The average molecular weight is 836 g/mol. The molecule has 0 unspecified atom stereocenters. The summed E-state index contributed by atoms with van der Waals surface area (Å²) in [5, 5.41) is 66.8. The Morgan fingerprint density at radius 1 is 0.831 bits per heavy atom. The summed E-state index contributed by atoms with van der Waals surface area (Å²) in [4.78, 5) is 68.0. The molecule has 326 valence electrons. The van der Waals surface area contributed by atoms with E-state index in [9.17, 15) is 54.6 Å². The number of nitrogens with one attached hydrogen (secondary N) is 3. The van der Waals surface area contributed by atoms with Crippen LogP contribution >= 0.6 is 0 Å². The summed E-state index contributed by atoms with van der Waals surface area (Å²) in [6.07, 6.45) is -14.4. The van der Waals surface area contributed by atoms with Gasteiger partial charge >= 0.3 is 17.6 Å². The lowest BCUT2D eigenvalue weighted by Crippen LogP contribution is -2.65. The highest BCUT2D eigenvalue weighted by Gasteiger charge is 2.53. The zero-order valence-electron chi connectivity index (χ0n) is 32.4. The number of esters is 1. The summed E-state index contributed by atoms with van der Waals surface area (Å²) in [6.45, 7) is 0.646. The molecular weight excluding hydrogens is 782 g/mol. The number of aromatic amines is 2. The summed E-state index contributed by atoms with van der Waals surface area (Å²) in [5.41, 5.74) is -2.07. The third-order valence-corrected chi connectivity index (χ3v) is 11.4. The van der Waals surface area contributed by atoms with E-state index >= 15 is 0 Å². The average Bonchev–Trinajstić information content (AvgIpc) is 3.22. The zero-order chi connectivity index (χ0) is 42.4. The number of aliphatic hydroxyl groups is 5. The van der Waals surface area contributed by atoms with Gasteiger partial charge < -0.3 is 69.4 Å². The van der Waals surface area contributed by atoms with Gasteiger partial charge in [0.2, 0.25) is 0 Å². The van der Waals surface area contributed by atoms with Gasteiger partial charge in [-0.25, -0.2) is 14.4 Å². The lowest BCUT2D eigenvalue weighted by Gasteiger charge is -2.48. The molecule has 3 heterocycles. The number of carbonyl (C=O) groups excluding carboxylic acids is 2. The summed E-state index contributed by atoms with van der Waals surface area (Å²) in [6, 6.07) is 7.66. The summed E-state index contributed by atoms with van der Waals surface area (Å²) in [5.74, 6) is -3.08. The summed E-state index contributed by atoms with van der Waals surface area (Å²) in [7, 11) is 0. The number of benzene rings is 1. The van der Waals surface area contributed by atoms with Crippen molar-refractivity contribution in [3.05, 3.63) is 68.5 Å². The van der Waals surface area contributed by atoms with E-state index in [0.29, 0.717) is 6.42 Å². The lowest BCUT2D eigenvalue weighted by atomic mass is 9.85. The normalized spacial score (nSPS) is 34.7. The Morgan fingerprint density at radius 3 is 2.24 bits per heavy atom. The van der Waals surface area contributed by atoms with Crippen LogP contribution in [0.2, 0.25) is 0 Å². The number of aliphatic hydroxyl groups excluding tert-OH is 5. The number of aliphatic carboxylic acids is 1. The van der Waals surface area contributed by atoms with E-state index in [1.165, 1.54) is 19.1 Å². The monoisotopic (exact) mass is 835 g/mol. The number of rotatable bonds is 14. The SMILES string of the molecule is C[C@@H]1O[C@@H](O[C@@H]2[C@@H](NC(=O)c3cc(=O)[nH]c(=O)[nH]3)CCC[C@H]2O[C@@H]2O[C@H](CO)[C@H](O)[C@H](O[C@@H](CC3CCCCC3)C(=O)O)[C@H]2OC(=O)c2ccccc2)[C@@H](O)[C@H](O)[C@@H]1O. The van der Waals surface area contributed by atoms with E-state index in [1.807, 2.05) is 4.98 Å². The topological polar surface area (TPSA) is 306 Å². The molecule has 0 bridgehead atoms. The molecule has 0 spiro atoms. The molecule has 0 radical (unpaired) electrons. The van der Waals surface area contributed by atoms with Crippen molar-refractivity contribution in [2.24, 2.45) is 5.92 Å². The first kappa shape index (κ1) is 44.5. The molecule has 1 amide bonds. The molecule has 20 nitrogen and oxygen atoms in total. The van der Waals surface area contributed by atoms with Crippen LogP contribution in [0.4, 0.5) is 0 Å². The van der Waals surface area contributed by atoms with E-state index in [2.05, 4.69) is 10.3 Å². The number of H-pyrrole nitrogens is 2. The highest BCUT2D eigenvalue weighted by molar-refractivity contribution is 5.92. The molecule has 2 saturated carbocycles. The number of carbonyl (C=O) groups is 3. The highest BCUT2D eigenvalue weighted by atomic mass is 16.7. The highest BCUT2D eigenvalue weighted by Crippen LogP contribution is 2.36. The number of amides is 1. The molecule has 2 aliphatic heterocycles. The molecule has 9 N–H and O–H groups in total. The van der Waals surface area contributed by atoms with Crippen LogP contribution in [0.25, 0.3) is 0 Å². The molecule has 6 rings (SSSR count). The van der Waals surface area contributed by atoms with Gasteiger partial charge in [0, 0.05) is 6.07 Å². The maximum absolute atomic E-state index is 13.7. The molecule has 4 aliphatic rings. The van der Waals surface area contributed by atoms with Crippen LogP contribution in [0.3, 0.4) is 0 Å². The van der Waals surface area contributed by atoms with Crippen LogP contribution in [0.1, 0.15) is 85.6 Å². The maximum atomic E-state index is 13.7. The molecule has 14 atom stereocenters. The van der Waals surface area contributed by atoms with Crippen molar-refractivity contribution in [1.29, 1.82) is 0 Å². The van der Waals surface area contributed by atoms with Crippen LogP contribution in [-0.4, -0.2) is 151 Å². The minimum Gasteiger partial charge on any atom is -0.479 e. The van der Waals surface area contributed by atoms with Crippen molar-refractivity contribution in [2.75, 3.05) is 6.61 Å². The first-order chi connectivity index (χ1) is 28.2. The molecule has 2 aromatic rings. The summed E-state index contributed by atoms with van der Waals surface area (Å²) >= 11 is 0. The Kier molecular flexibility index (Phi) is 15.1. The minimum absolute atomic E-state index is 0.0203. The number of ether oxygens (including phenoxy) is 6. The van der Waals surface area contributed by atoms with Gasteiger partial charge in [-0.1, -0.05) is 50.3 Å². The lowest BCUT2D eigenvalue weighted by molar-refractivity contribution is -0.346. The van der Waals surface area contributed by atoms with Crippen molar-refractivity contribution >= 4 is 17.8 Å². The second-order valence-electron chi connectivity index (χ2n) is 15.6. The molecule has 2 aliphatic carbocycles. The Bertz CT molecular complexity index is 1810. The van der Waals surface area contributed by atoms with Crippen LogP contribution in [0.5, 0.6) is 0 Å². The third kappa shape index (κ3) is 10.8. The van der Waals surface area contributed by atoms with Crippen molar-refractivity contribution in [3.8, 4) is 0 Å². The van der Waals surface area contributed by atoms with Crippen molar-refractivity contribution in [1.82, 2.24) is 15.3 Å². The van der Waals surface area contributed by atoms with Crippen LogP contribution < -0.4 is 16.6 Å². The third-order valence-electron chi connectivity index (χ3n) is 11.4. The van der Waals surface area contributed by atoms with E-state index in [-0.39, 0.29) is 36.4 Å². The second kappa shape index (κ2) is 20.0. The van der Waals surface area contributed by atoms with Crippen LogP contribution in [-0.2, 0) is 33.2 Å². The Labute approximate surface area is 337 Å². The van der Waals surface area contributed by atoms with Gasteiger partial charge in [0.1, 0.15) is 48.4 Å². The first-order valence-electron chi connectivity index (χ1n) is 20.0. The van der Waals surface area contributed by atoms with Gasteiger partial charge in [-0.05, 0) is 50.7 Å². The number of hydrogen-bond acceptors (Lipinski definition) is 16. The molecule has 2 saturated heterocycles. The Hall–Kier alpha value is -4.09. The van der Waals surface area contributed by atoms with Crippen LogP contribution in [0, 0.1) is 5.92 Å². The maximum Gasteiger partial charge on any atom is 0.338 e. The molecular formula is C39H53N3O17. The standard InChI is InChI=1S/C39H53N3O17/c1-18-27(45)29(47)30(48)37(54-18)59-31-21(40-34(49)22-16-26(44)42-39(53)41-22)13-8-14-23(31)56-38-33(58-36(52)20-11-6-3-7-12-20)32(28(46)25(17-43)57-38)55-24(35(50)51)15-19-9-4-2-5-10-19/h3,6-7,11-12,16,18-19,21,23-25,27-33,37-38,43,45-48H,2,4-5,8-10,13-15,17H2,1H3,(H,40,49)(H,50,51)(H2,41,42,44,53)/t18-,21-,23+,24-,25+,27+,28-,29+,30-,31+,32-,33+,37-,38+/m0/s1. The van der Waals surface area contributed by atoms with Crippen molar-refractivity contribution in [2.45, 2.75) is 150 Å². The molecule has 1 aromatic carbocycles. The quantitative estimate of drug-likeness (QED) is 0.104. The van der Waals surface area contributed by atoms with Gasteiger partial charge in [-0.15, -0.1) is 0 Å². The predicted octanol–water partition coefficient (Wildman–Crippen LogP) is -0.944. The number of carboxylic acids is 1. The van der Waals surface area contributed by atoms with Crippen molar-refractivity contribution in [3.63, 3.8) is 0 Å². The minimum atomic E-state index is -1.79. The largest absolute Gasteiger partial charge is 0.479 e. The van der Waals surface area contributed by atoms with E-state index < -0.39 is 121 Å². The number of hydrogen-bond donors (Lipinski definition) is 9. The molecule has 59 heavy (non-hydrogen) atoms. The van der Waals surface area contributed by atoms with E-state index in [4.69, 9.17) is 28.4 Å². The first-order valence-corrected chi connectivity index (χ1v) is 20.0. The fourth-order valence-corrected chi connectivity index (χ4v) is 8.23. The Morgan fingerprint density at radius 2 is 1.56 bits per heavy atom. The number of carboxylic acid groups (broad SMARTS) is 1. The van der Waals surface area contributed by atoms with Gasteiger partial charge in [0.25, 0.3) is 11.5 Å². The zero-order valence-corrected chi connectivity index (χ0v) is 32.4. The van der Waals surface area contributed by atoms with Crippen molar-refractivity contribution < 1.29 is 73.4 Å². The van der Waals surface area contributed by atoms with Gasteiger partial charge in [0.15, 0.2) is 24.8 Å². The summed E-state index contributed by atoms with van der Waals surface area (Å²) < 4.78 is 36.6. The molecule has 20 heteroatoms. The fourth-order valence-electron chi connectivity index (χ4n) is 8.23. The van der Waals surface area contributed by atoms with E-state index in [1.54, 1.807) is 18.2 Å². The predicted molar refractivity (Wildman–Crippen MR) is 200 cm³/mol. The fraction of sp³-hybridized carbons (Fsp3) is 0.667. The van der Waals surface area contributed by atoms with E-state index in [0.717, 1.165) is 38.2 Å². The van der Waals surface area contributed by atoms with Gasteiger partial charge in [-0.3, -0.25) is 14.6 Å². The molecule has 4 fully saturated rings. The smallest absolute Gasteiger partial charge is 0.338 e. The van der Waals surface area contributed by atoms with Gasteiger partial charge in [-0.2, -0.15) is 0 Å². The van der Waals surface area contributed by atoms with Crippen LogP contribution in [0.15, 0.2) is 46.0 Å².